The summed E-state index contributed by atoms with van der Waals surface area (Å²) in [4.78, 5) is 4.90. The van der Waals surface area contributed by atoms with Crippen molar-refractivity contribution >= 4 is 0 Å². The lowest BCUT2D eigenvalue weighted by Crippen LogP contribution is -3.00. The van der Waals surface area contributed by atoms with Gasteiger partial charge in [0.15, 0.2) is 0 Å². The van der Waals surface area contributed by atoms with E-state index in [0.29, 0.717) is 0 Å². The van der Waals surface area contributed by atoms with Crippen LogP contribution in [0, 0.1) is 0 Å². The van der Waals surface area contributed by atoms with Gasteiger partial charge < -0.3 is 12.4 Å². The third-order valence-corrected chi connectivity index (χ3v) is 2.84. The van der Waals surface area contributed by atoms with Gasteiger partial charge in [-0.05, 0) is 12.8 Å². The van der Waals surface area contributed by atoms with E-state index in [9.17, 15) is 0 Å². The van der Waals surface area contributed by atoms with Crippen molar-refractivity contribution in [2.24, 2.45) is 0 Å². The van der Waals surface area contributed by atoms with Crippen LogP contribution in [-0.2, 0) is 4.84 Å². The third-order valence-electron chi connectivity index (χ3n) is 2.84. The fourth-order valence-electron chi connectivity index (χ4n) is 1.83. The molecule has 2 nitrogen and oxygen atoms in total. The van der Waals surface area contributed by atoms with Gasteiger partial charge in [0.2, 0.25) is 0 Å². The molecule has 3 heteroatoms. The average molecular weight is 252 g/mol. The molecule has 0 aliphatic rings. The molecule has 0 saturated carbocycles. The Labute approximate surface area is 108 Å². The van der Waals surface area contributed by atoms with Gasteiger partial charge in [0.05, 0.1) is 7.11 Å². The minimum Gasteiger partial charge on any atom is -1.00 e. The SMILES string of the molecule is CCCCCCCCCCCC[NH2+]OC.[Cl-]. The van der Waals surface area contributed by atoms with Crippen LogP contribution in [0.4, 0.5) is 0 Å². The zero-order chi connectivity index (χ0) is 11.2. The minimum absolute atomic E-state index is 0. The van der Waals surface area contributed by atoms with Crippen LogP contribution in [-0.4, -0.2) is 13.7 Å². The summed E-state index contributed by atoms with van der Waals surface area (Å²) in [6.07, 6.45) is 14.1. The highest BCUT2D eigenvalue weighted by Crippen LogP contribution is 2.09. The first-order valence-electron chi connectivity index (χ1n) is 6.76. The number of quaternary nitrogens is 1. The highest BCUT2D eigenvalue weighted by atomic mass is 35.5. The summed E-state index contributed by atoms with van der Waals surface area (Å²) in [5.41, 5.74) is 1.91. The normalized spacial score (nSPS) is 10.1. The number of unbranched alkanes of at least 4 members (excludes halogenated alkanes) is 9. The molecule has 2 N–H and O–H groups in total. The molecule has 0 heterocycles. The number of hydroxylamine groups is 1. The Morgan fingerprint density at radius 3 is 1.62 bits per heavy atom. The number of hydrogen-bond donors (Lipinski definition) is 1. The predicted octanol–water partition coefficient (Wildman–Crippen LogP) is 0.0361. The molecule has 0 amide bonds. The van der Waals surface area contributed by atoms with Crippen molar-refractivity contribution in [3.63, 3.8) is 0 Å². The van der Waals surface area contributed by atoms with Gasteiger partial charge in [-0.1, -0.05) is 58.3 Å². The molecule has 0 aromatic carbocycles. The van der Waals surface area contributed by atoms with Crippen LogP contribution in [0.15, 0.2) is 0 Å². The zero-order valence-electron chi connectivity index (χ0n) is 11.1. The van der Waals surface area contributed by atoms with Crippen molar-refractivity contribution in [2.75, 3.05) is 13.7 Å². The molecule has 100 valence electrons. The number of rotatable bonds is 12. The minimum atomic E-state index is 0. The highest BCUT2D eigenvalue weighted by Gasteiger charge is 1.93. The van der Waals surface area contributed by atoms with Gasteiger partial charge in [0.25, 0.3) is 0 Å². The van der Waals surface area contributed by atoms with Crippen LogP contribution in [0.1, 0.15) is 71.1 Å². The number of hydrogen-bond acceptors (Lipinski definition) is 1. The molecule has 0 unspecified atom stereocenters. The third kappa shape index (κ3) is 16.6. The Bertz CT molecular complexity index is 100. The molecule has 0 rings (SSSR count). The van der Waals surface area contributed by atoms with E-state index in [1.165, 1.54) is 64.2 Å². The molecule has 0 saturated heterocycles. The van der Waals surface area contributed by atoms with E-state index in [0.717, 1.165) is 6.54 Å². The van der Waals surface area contributed by atoms with Gasteiger partial charge in [0.1, 0.15) is 6.54 Å². The Kier molecular flexibility index (Phi) is 20.4. The second-order valence-corrected chi connectivity index (χ2v) is 4.37. The van der Waals surface area contributed by atoms with E-state index in [4.69, 9.17) is 4.84 Å². The van der Waals surface area contributed by atoms with Crippen molar-refractivity contribution in [1.29, 1.82) is 0 Å². The summed E-state index contributed by atoms with van der Waals surface area (Å²) in [7, 11) is 1.73. The van der Waals surface area contributed by atoms with Gasteiger partial charge in [-0.15, -0.1) is 0 Å². The monoisotopic (exact) mass is 251 g/mol. The smallest absolute Gasteiger partial charge is 0.105 e. The second kappa shape index (κ2) is 17.6. The van der Waals surface area contributed by atoms with Crippen molar-refractivity contribution in [1.82, 2.24) is 0 Å². The first-order chi connectivity index (χ1) is 7.41. The van der Waals surface area contributed by atoms with Crippen molar-refractivity contribution in [3.8, 4) is 0 Å². The topological polar surface area (TPSA) is 25.8 Å². The highest BCUT2D eigenvalue weighted by molar-refractivity contribution is 4.46. The van der Waals surface area contributed by atoms with E-state index in [2.05, 4.69) is 6.92 Å². The summed E-state index contributed by atoms with van der Waals surface area (Å²) in [5.74, 6) is 0. The molecule has 0 radical (unpaired) electrons. The molecule has 0 spiro atoms. The summed E-state index contributed by atoms with van der Waals surface area (Å²) in [6, 6.07) is 0. The van der Waals surface area contributed by atoms with Gasteiger partial charge in [-0.2, -0.15) is 0 Å². The van der Waals surface area contributed by atoms with Crippen molar-refractivity contribution in [2.45, 2.75) is 71.1 Å². The lowest BCUT2D eigenvalue weighted by Gasteiger charge is -2.01. The van der Waals surface area contributed by atoms with Gasteiger partial charge in [-0.25, -0.2) is 10.3 Å². The second-order valence-electron chi connectivity index (χ2n) is 4.37. The van der Waals surface area contributed by atoms with Crippen LogP contribution in [0.3, 0.4) is 0 Å². The molecule has 0 atom stereocenters. The molecule has 0 aromatic heterocycles. The maximum absolute atomic E-state index is 4.90. The maximum Gasteiger partial charge on any atom is 0.105 e. The molecule has 0 aromatic rings. The van der Waals surface area contributed by atoms with Gasteiger partial charge in [-0.3, -0.25) is 0 Å². The molecule has 0 aliphatic heterocycles. The van der Waals surface area contributed by atoms with Crippen molar-refractivity contribution in [3.05, 3.63) is 0 Å². The molecular weight excluding hydrogens is 222 g/mol. The van der Waals surface area contributed by atoms with Gasteiger partial charge in [0, 0.05) is 0 Å². The fourth-order valence-corrected chi connectivity index (χ4v) is 1.83. The van der Waals surface area contributed by atoms with Crippen LogP contribution < -0.4 is 17.9 Å². The van der Waals surface area contributed by atoms with E-state index in [1.54, 1.807) is 7.11 Å². The number of halogens is 1. The van der Waals surface area contributed by atoms with Crippen molar-refractivity contribution < 1.29 is 22.7 Å². The van der Waals surface area contributed by atoms with E-state index in [1.807, 2.05) is 5.48 Å². The lowest BCUT2D eigenvalue weighted by atomic mass is 10.1. The summed E-state index contributed by atoms with van der Waals surface area (Å²) < 4.78 is 0. The summed E-state index contributed by atoms with van der Waals surface area (Å²) in [6.45, 7) is 3.39. The standard InChI is InChI=1S/C13H29NO.ClH/c1-3-4-5-6-7-8-9-10-11-12-13-14-15-2;/h14H,3-13H2,1-2H3;1H. The Morgan fingerprint density at radius 1 is 0.750 bits per heavy atom. The van der Waals surface area contributed by atoms with Crippen LogP contribution in [0.2, 0.25) is 0 Å². The Balaban J connectivity index is 0. The first-order valence-corrected chi connectivity index (χ1v) is 6.76. The van der Waals surface area contributed by atoms with Crippen LogP contribution >= 0.6 is 0 Å². The summed E-state index contributed by atoms with van der Waals surface area (Å²) in [5, 5.41) is 0. The van der Waals surface area contributed by atoms with E-state index in [-0.39, 0.29) is 12.4 Å². The predicted molar refractivity (Wildman–Crippen MR) is 65.6 cm³/mol. The van der Waals surface area contributed by atoms with Crippen LogP contribution in [0.5, 0.6) is 0 Å². The van der Waals surface area contributed by atoms with E-state index >= 15 is 0 Å². The quantitative estimate of drug-likeness (QED) is 0.385. The largest absolute Gasteiger partial charge is 1.00 e. The molecule has 0 aliphatic carbocycles. The molecule has 0 fully saturated rings. The number of nitrogens with two attached hydrogens (primary N) is 1. The summed E-state index contributed by atoms with van der Waals surface area (Å²) >= 11 is 0. The zero-order valence-corrected chi connectivity index (χ0v) is 11.9. The van der Waals surface area contributed by atoms with Gasteiger partial charge >= 0.3 is 0 Å². The molecular formula is C13H30ClNO. The van der Waals surface area contributed by atoms with E-state index < -0.39 is 0 Å². The van der Waals surface area contributed by atoms with Crippen LogP contribution in [0.25, 0.3) is 0 Å². The average Bonchev–Trinajstić information content (AvgIpc) is 2.26. The Morgan fingerprint density at radius 2 is 1.19 bits per heavy atom. The lowest BCUT2D eigenvalue weighted by molar-refractivity contribution is -0.889. The fraction of sp³-hybridized carbons (Fsp3) is 1.00. The maximum atomic E-state index is 4.90. The first kappa shape index (κ1) is 18.6. The Hall–Kier alpha value is 0.210. The molecule has 16 heavy (non-hydrogen) atoms. The molecule has 0 bridgehead atoms.